The molecule has 1 aliphatic rings. The molecule has 0 saturated carbocycles. The zero-order valence-electron chi connectivity index (χ0n) is 17.4. The number of fused-ring (bicyclic) bond motifs is 1. The van der Waals surface area contributed by atoms with Crippen LogP contribution in [0.25, 0.3) is 11.0 Å². The maximum absolute atomic E-state index is 13.0. The summed E-state index contributed by atoms with van der Waals surface area (Å²) in [4.78, 5) is 17.5. The van der Waals surface area contributed by atoms with Gasteiger partial charge in [0.2, 0.25) is 5.55 Å². The van der Waals surface area contributed by atoms with Crippen molar-refractivity contribution in [1.29, 1.82) is 0 Å². The third kappa shape index (κ3) is 4.64. The number of nitrogens with zero attached hydrogens (tertiary/aromatic N) is 1. The molecule has 4 rings (SSSR count). The van der Waals surface area contributed by atoms with Gasteiger partial charge in [0, 0.05) is 30.7 Å². The van der Waals surface area contributed by atoms with E-state index in [-0.39, 0.29) is 28.9 Å². The van der Waals surface area contributed by atoms with E-state index in [0.29, 0.717) is 41.3 Å². The first-order valence-electron chi connectivity index (χ1n) is 10.0. The van der Waals surface area contributed by atoms with Crippen molar-refractivity contribution in [3.05, 3.63) is 53.6 Å². The van der Waals surface area contributed by atoms with E-state index in [0.717, 1.165) is 12.8 Å². The molecule has 1 saturated heterocycles. The molecule has 0 aliphatic carbocycles. The molecular formula is C23H24N2O6. The molecule has 2 heterocycles. The molecule has 8 heteroatoms. The Hall–Kier alpha value is -3.52. The number of rotatable bonds is 6. The lowest BCUT2D eigenvalue weighted by Crippen LogP contribution is -2.34. The fourth-order valence-electron chi connectivity index (χ4n) is 3.45. The van der Waals surface area contributed by atoms with Gasteiger partial charge in [0.05, 0.1) is 20.3 Å². The number of ether oxygens (including phenoxy) is 3. The van der Waals surface area contributed by atoms with Gasteiger partial charge in [0.1, 0.15) is 34.1 Å². The van der Waals surface area contributed by atoms with Crippen LogP contribution in [-0.4, -0.2) is 44.5 Å². The van der Waals surface area contributed by atoms with Gasteiger partial charge in [0.15, 0.2) is 0 Å². The smallest absolute Gasteiger partial charge is 0.256 e. The summed E-state index contributed by atoms with van der Waals surface area (Å²) in [7, 11) is 3.09. The van der Waals surface area contributed by atoms with Gasteiger partial charge in [-0.05, 0) is 43.2 Å². The highest BCUT2D eigenvalue weighted by atomic mass is 16.5. The lowest BCUT2D eigenvalue weighted by Gasteiger charge is -2.11. The molecule has 2 aromatic carbocycles. The van der Waals surface area contributed by atoms with Crippen LogP contribution in [0.3, 0.4) is 0 Å². The first-order chi connectivity index (χ1) is 15.1. The number of hydrogen-bond donors (Lipinski definition) is 2. The van der Waals surface area contributed by atoms with Crippen molar-refractivity contribution in [2.45, 2.75) is 18.9 Å². The average molecular weight is 424 g/mol. The van der Waals surface area contributed by atoms with Crippen molar-refractivity contribution in [2.75, 3.05) is 27.4 Å². The molecule has 0 unspecified atom stereocenters. The Morgan fingerprint density at radius 1 is 1.19 bits per heavy atom. The normalized spacial score (nSPS) is 16.5. The van der Waals surface area contributed by atoms with Crippen LogP contribution in [0, 0.1) is 0 Å². The number of amides is 1. The highest BCUT2D eigenvalue weighted by molar-refractivity contribution is 5.96. The lowest BCUT2D eigenvalue weighted by molar-refractivity contribution is 0.0854. The van der Waals surface area contributed by atoms with Gasteiger partial charge in [-0.3, -0.25) is 4.79 Å². The van der Waals surface area contributed by atoms with E-state index in [1.807, 2.05) is 0 Å². The molecule has 2 N–H and O–H groups in total. The van der Waals surface area contributed by atoms with E-state index in [4.69, 9.17) is 18.6 Å². The van der Waals surface area contributed by atoms with Gasteiger partial charge in [0.25, 0.3) is 5.91 Å². The second kappa shape index (κ2) is 9.09. The summed E-state index contributed by atoms with van der Waals surface area (Å²) in [6, 6.07) is 11.5. The van der Waals surface area contributed by atoms with E-state index in [2.05, 4.69) is 10.3 Å². The van der Waals surface area contributed by atoms with E-state index in [9.17, 15) is 9.90 Å². The summed E-state index contributed by atoms with van der Waals surface area (Å²) in [6.07, 6.45) is 1.93. The number of phenols is 1. The summed E-state index contributed by atoms with van der Waals surface area (Å²) in [5, 5.41) is 13.4. The molecule has 0 bridgehead atoms. The molecule has 1 amide bonds. The molecule has 8 nitrogen and oxygen atoms in total. The standard InChI is InChI=1S/C23H24N2O6/c1-28-16-7-8-19(21(12-16)29-2)25-23-18(22(27)24-13-17-4-3-9-30-17)10-14-5-6-15(26)11-20(14)31-23/h5-8,10-12,17,26H,3-4,9,13H2,1-2H3,(H,24,27)/t17-/m0/s1. The zero-order valence-corrected chi connectivity index (χ0v) is 17.4. The summed E-state index contributed by atoms with van der Waals surface area (Å²) in [6.45, 7) is 1.13. The molecule has 0 radical (unpaired) electrons. The van der Waals surface area contributed by atoms with Gasteiger partial charge >= 0.3 is 0 Å². The topological polar surface area (TPSA) is 103 Å². The Balaban J connectivity index is 1.79. The van der Waals surface area contributed by atoms with Crippen LogP contribution >= 0.6 is 0 Å². The van der Waals surface area contributed by atoms with Crippen molar-refractivity contribution in [3.8, 4) is 17.2 Å². The van der Waals surface area contributed by atoms with Crippen LogP contribution in [0.4, 0.5) is 5.69 Å². The van der Waals surface area contributed by atoms with Crippen molar-refractivity contribution in [1.82, 2.24) is 5.32 Å². The maximum Gasteiger partial charge on any atom is 0.256 e. The van der Waals surface area contributed by atoms with Crippen molar-refractivity contribution in [2.24, 2.45) is 4.99 Å². The van der Waals surface area contributed by atoms with Gasteiger partial charge < -0.3 is 29.1 Å². The molecule has 1 fully saturated rings. The number of carbonyl (C=O) groups is 1. The van der Waals surface area contributed by atoms with E-state index in [1.54, 1.807) is 37.4 Å². The molecule has 31 heavy (non-hydrogen) atoms. The van der Waals surface area contributed by atoms with Crippen molar-refractivity contribution >= 4 is 22.6 Å². The van der Waals surface area contributed by atoms with Crippen LogP contribution in [0.1, 0.15) is 23.2 Å². The Labute approximate surface area is 179 Å². The number of benzene rings is 2. The SMILES string of the molecule is COc1ccc(N=c2oc3cc(O)ccc3cc2C(=O)NC[C@@H]2CCCO2)c(OC)c1. The van der Waals surface area contributed by atoms with Gasteiger partial charge in [-0.2, -0.15) is 0 Å². The second-order valence-corrected chi connectivity index (χ2v) is 7.18. The molecule has 1 aliphatic heterocycles. The maximum atomic E-state index is 13.0. The first-order valence-corrected chi connectivity index (χ1v) is 10.0. The summed E-state index contributed by atoms with van der Waals surface area (Å²) in [5.41, 5.74) is 1.25. The minimum absolute atomic E-state index is 0.0142. The third-order valence-corrected chi connectivity index (χ3v) is 5.10. The van der Waals surface area contributed by atoms with E-state index >= 15 is 0 Å². The van der Waals surface area contributed by atoms with Gasteiger partial charge in [-0.25, -0.2) is 4.99 Å². The number of nitrogens with one attached hydrogen (secondary N) is 1. The monoisotopic (exact) mass is 424 g/mol. The Morgan fingerprint density at radius 2 is 2.06 bits per heavy atom. The van der Waals surface area contributed by atoms with Crippen molar-refractivity contribution in [3.63, 3.8) is 0 Å². The quantitative estimate of drug-likeness (QED) is 0.630. The molecule has 162 valence electrons. The van der Waals surface area contributed by atoms with Crippen LogP contribution < -0.4 is 20.3 Å². The number of phenolic OH excluding ortho intramolecular Hbond substituents is 1. The largest absolute Gasteiger partial charge is 0.508 e. The van der Waals surface area contributed by atoms with Crippen LogP contribution in [0.2, 0.25) is 0 Å². The predicted octanol–water partition coefficient (Wildman–Crippen LogP) is 3.30. The van der Waals surface area contributed by atoms with Crippen LogP contribution in [0.5, 0.6) is 17.2 Å². The highest BCUT2D eigenvalue weighted by Crippen LogP contribution is 2.31. The number of hydrogen-bond acceptors (Lipinski definition) is 7. The molecule has 0 spiro atoms. The van der Waals surface area contributed by atoms with Crippen LogP contribution in [-0.2, 0) is 4.74 Å². The second-order valence-electron chi connectivity index (χ2n) is 7.18. The summed E-state index contributed by atoms with van der Waals surface area (Å²) >= 11 is 0. The Morgan fingerprint density at radius 3 is 2.81 bits per heavy atom. The molecule has 3 aromatic rings. The fraction of sp³-hybridized carbons (Fsp3) is 0.304. The lowest BCUT2D eigenvalue weighted by atomic mass is 10.1. The highest BCUT2D eigenvalue weighted by Gasteiger charge is 2.19. The molecule has 1 aromatic heterocycles. The predicted molar refractivity (Wildman–Crippen MR) is 114 cm³/mol. The first kappa shape index (κ1) is 20.7. The molecule has 1 atom stereocenters. The summed E-state index contributed by atoms with van der Waals surface area (Å²) in [5.74, 6) is 0.822. The third-order valence-electron chi connectivity index (χ3n) is 5.10. The van der Waals surface area contributed by atoms with Crippen molar-refractivity contribution < 1.29 is 28.5 Å². The van der Waals surface area contributed by atoms with E-state index in [1.165, 1.54) is 19.2 Å². The minimum atomic E-state index is -0.319. The van der Waals surface area contributed by atoms with Crippen LogP contribution in [0.15, 0.2) is 51.9 Å². The summed E-state index contributed by atoms with van der Waals surface area (Å²) < 4.78 is 22.1. The Kier molecular flexibility index (Phi) is 6.08. The molecular weight excluding hydrogens is 400 g/mol. The number of carbonyl (C=O) groups excluding carboxylic acids is 1. The minimum Gasteiger partial charge on any atom is -0.508 e. The zero-order chi connectivity index (χ0) is 21.8. The van der Waals surface area contributed by atoms with Gasteiger partial charge in [-0.1, -0.05) is 0 Å². The number of methoxy groups -OCH3 is 2. The Bertz CT molecular complexity index is 1160. The fourth-order valence-corrected chi connectivity index (χ4v) is 3.45. The number of aromatic hydroxyl groups is 1. The van der Waals surface area contributed by atoms with E-state index < -0.39 is 0 Å². The van der Waals surface area contributed by atoms with Gasteiger partial charge in [-0.15, -0.1) is 0 Å². The average Bonchev–Trinajstić information content (AvgIpc) is 3.31.